The molecule has 0 radical (unpaired) electrons. The zero-order valence-corrected chi connectivity index (χ0v) is 15.9. The molecule has 0 aliphatic rings. The molecule has 2 rings (SSSR count). The molecule has 1 atom stereocenters. The number of aryl methyl sites for hydroxylation is 1. The summed E-state index contributed by atoms with van der Waals surface area (Å²) in [6.45, 7) is 1.63. The Morgan fingerprint density at radius 3 is 2.42 bits per heavy atom. The third-order valence-corrected chi connectivity index (χ3v) is 4.10. The zero-order valence-electron chi connectivity index (χ0n) is 13.5. The highest BCUT2D eigenvalue weighted by atomic mass is 79.9. The van der Waals surface area contributed by atoms with Gasteiger partial charge in [0.25, 0.3) is 0 Å². The summed E-state index contributed by atoms with van der Waals surface area (Å²) in [6, 6.07) is 8.77. The number of nitrogens with two attached hydrogens (primary N) is 1. The number of hydrogen-bond donors (Lipinski definition) is 2. The lowest BCUT2D eigenvalue weighted by molar-refractivity contribution is -0.120. The molecule has 0 fully saturated rings. The third-order valence-electron chi connectivity index (χ3n) is 3.57. The molecule has 0 aliphatic heterocycles. The van der Waals surface area contributed by atoms with Gasteiger partial charge in [0.15, 0.2) is 0 Å². The molecular formula is C16H19BrClN3O3. The van der Waals surface area contributed by atoms with Crippen LogP contribution in [-0.4, -0.2) is 23.6 Å². The van der Waals surface area contributed by atoms with Gasteiger partial charge in [-0.05, 0) is 30.7 Å². The minimum absolute atomic E-state index is 0. The van der Waals surface area contributed by atoms with Gasteiger partial charge in [-0.2, -0.15) is 0 Å². The minimum atomic E-state index is -1.21. The summed E-state index contributed by atoms with van der Waals surface area (Å²) in [5.74, 6) is -0.849. The van der Waals surface area contributed by atoms with Crippen molar-refractivity contribution in [2.45, 2.75) is 12.5 Å². The average molecular weight is 417 g/mol. The number of amides is 1. The number of halogens is 2. The summed E-state index contributed by atoms with van der Waals surface area (Å²) in [5.41, 5.74) is 6.48. The molecule has 0 saturated heterocycles. The highest BCUT2D eigenvalue weighted by Gasteiger charge is 2.31. The number of carbonyl (C=O) groups excluding carboxylic acids is 2. The fourth-order valence-corrected chi connectivity index (χ4v) is 2.39. The second kappa shape index (κ2) is 7.83. The summed E-state index contributed by atoms with van der Waals surface area (Å²) < 4.78 is 7.17. The molecule has 1 aromatic heterocycles. The Balaban J connectivity index is 0.00000288. The topological polar surface area (TPSA) is 86.3 Å². The Kier molecular flexibility index (Phi) is 6.59. The number of rotatable bonds is 4. The number of methoxy groups -OCH3 is 1. The van der Waals surface area contributed by atoms with Crippen LogP contribution in [0.3, 0.4) is 0 Å². The molecule has 1 amide bonds. The smallest absolute Gasteiger partial charge is 0.354 e. The van der Waals surface area contributed by atoms with Gasteiger partial charge in [-0.15, -0.1) is 12.4 Å². The fraction of sp³-hybridized carbons (Fsp3) is 0.250. The van der Waals surface area contributed by atoms with Crippen molar-refractivity contribution >= 4 is 45.9 Å². The molecule has 130 valence electrons. The maximum absolute atomic E-state index is 12.5. The van der Waals surface area contributed by atoms with Crippen LogP contribution in [-0.2, 0) is 22.1 Å². The molecule has 0 spiro atoms. The molecule has 8 heteroatoms. The molecule has 24 heavy (non-hydrogen) atoms. The van der Waals surface area contributed by atoms with E-state index in [9.17, 15) is 9.59 Å². The number of esters is 1. The summed E-state index contributed by atoms with van der Waals surface area (Å²) in [4.78, 5) is 24.1. The van der Waals surface area contributed by atoms with Crippen molar-refractivity contribution in [2.75, 3.05) is 12.4 Å². The Morgan fingerprint density at radius 1 is 1.29 bits per heavy atom. The lowest BCUT2D eigenvalue weighted by Crippen LogP contribution is -2.45. The van der Waals surface area contributed by atoms with Gasteiger partial charge in [-0.3, -0.25) is 4.79 Å². The van der Waals surface area contributed by atoms with E-state index in [2.05, 4.69) is 26.0 Å². The number of anilines is 1. The van der Waals surface area contributed by atoms with E-state index < -0.39 is 11.5 Å². The number of benzene rings is 1. The van der Waals surface area contributed by atoms with Crippen molar-refractivity contribution in [3.8, 4) is 0 Å². The number of hydrogen-bond acceptors (Lipinski definition) is 4. The predicted molar refractivity (Wildman–Crippen MR) is 98.3 cm³/mol. The van der Waals surface area contributed by atoms with E-state index in [0.717, 1.165) is 4.47 Å². The minimum Gasteiger partial charge on any atom is -0.464 e. The summed E-state index contributed by atoms with van der Waals surface area (Å²) in [6.07, 6.45) is 1.63. The largest absolute Gasteiger partial charge is 0.464 e. The Labute approximate surface area is 154 Å². The van der Waals surface area contributed by atoms with Gasteiger partial charge in [0, 0.05) is 17.7 Å². The van der Waals surface area contributed by atoms with Gasteiger partial charge in [0.2, 0.25) is 5.91 Å². The van der Waals surface area contributed by atoms with Crippen LogP contribution in [0.15, 0.2) is 41.0 Å². The van der Waals surface area contributed by atoms with Crippen LogP contribution in [0.1, 0.15) is 23.0 Å². The van der Waals surface area contributed by atoms with E-state index in [1.54, 1.807) is 42.9 Å². The number of nitrogens with one attached hydrogen (secondary N) is 1. The lowest BCUT2D eigenvalue weighted by Gasteiger charge is -2.23. The molecule has 2 aromatic rings. The predicted octanol–water partition coefficient (Wildman–Crippen LogP) is 2.81. The Hall–Kier alpha value is -1.83. The van der Waals surface area contributed by atoms with Crippen molar-refractivity contribution in [3.05, 3.63) is 52.3 Å². The molecule has 1 aromatic carbocycles. The first-order chi connectivity index (χ1) is 10.8. The molecule has 1 heterocycles. The first-order valence-electron chi connectivity index (χ1n) is 6.86. The van der Waals surface area contributed by atoms with Gasteiger partial charge in [0.1, 0.15) is 11.2 Å². The SMILES string of the molecule is COC(=O)c1cc(NC(=O)C(C)(N)c2ccc(Br)cc2)cn1C.Cl. The van der Waals surface area contributed by atoms with Crippen LogP contribution in [0.4, 0.5) is 5.69 Å². The molecule has 6 nitrogen and oxygen atoms in total. The highest BCUT2D eigenvalue weighted by Crippen LogP contribution is 2.23. The quantitative estimate of drug-likeness (QED) is 0.750. The maximum Gasteiger partial charge on any atom is 0.354 e. The van der Waals surface area contributed by atoms with Gasteiger partial charge in [0.05, 0.1) is 12.8 Å². The first-order valence-corrected chi connectivity index (χ1v) is 7.66. The van der Waals surface area contributed by atoms with Crippen molar-refractivity contribution in [2.24, 2.45) is 12.8 Å². The number of aromatic nitrogens is 1. The highest BCUT2D eigenvalue weighted by molar-refractivity contribution is 9.10. The third kappa shape index (κ3) is 4.17. The van der Waals surface area contributed by atoms with E-state index in [1.165, 1.54) is 7.11 Å². The van der Waals surface area contributed by atoms with Gasteiger partial charge in [-0.1, -0.05) is 28.1 Å². The zero-order chi connectivity index (χ0) is 17.2. The van der Waals surface area contributed by atoms with Crippen LogP contribution < -0.4 is 11.1 Å². The monoisotopic (exact) mass is 415 g/mol. The van der Waals surface area contributed by atoms with Crippen LogP contribution in [0, 0.1) is 0 Å². The second-order valence-electron chi connectivity index (χ2n) is 5.38. The fourth-order valence-electron chi connectivity index (χ4n) is 2.13. The van der Waals surface area contributed by atoms with Crippen LogP contribution in [0.5, 0.6) is 0 Å². The summed E-state index contributed by atoms with van der Waals surface area (Å²) in [7, 11) is 3.00. The van der Waals surface area contributed by atoms with Crippen LogP contribution >= 0.6 is 28.3 Å². The molecule has 3 N–H and O–H groups in total. The second-order valence-corrected chi connectivity index (χ2v) is 6.30. The van der Waals surface area contributed by atoms with E-state index in [-0.39, 0.29) is 18.3 Å². The first kappa shape index (κ1) is 20.2. The van der Waals surface area contributed by atoms with Crippen molar-refractivity contribution in [3.63, 3.8) is 0 Å². The molecule has 0 bridgehead atoms. The van der Waals surface area contributed by atoms with E-state index >= 15 is 0 Å². The molecule has 0 aliphatic carbocycles. The standard InChI is InChI=1S/C16H18BrN3O3.ClH/c1-16(18,10-4-6-11(17)7-5-10)15(22)19-12-8-13(14(21)23-3)20(2)9-12;/h4-9H,18H2,1-3H3,(H,19,22);1H. The molecule has 1 unspecified atom stereocenters. The van der Waals surface area contributed by atoms with Crippen LogP contribution in [0.2, 0.25) is 0 Å². The Bertz CT molecular complexity index is 742. The van der Waals surface area contributed by atoms with E-state index in [1.807, 2.05) is 12.1 Å². The van der Waals surface area contributed by atoms with Gasteiger partial charge in [-0.25, -0.2) is 4.79 Å². The van der Waals surface area contributed by atoms with Crippen molar-refractivity contribution < 1.29 is 14.3 Å². The van der Waals surface area contributed by atoms with Gasteiger partial charge >= 0.3 is 5.97 Å². The maximum atomic E-state index is 12.5. The van der Waals surface area contributed by atoms with Crippen molar-refractivity contribution in [1.29, 1.82) is 0 Å². The molecular weight excluding hydrogens is 398 g/mol. The average Bonchev–Trinajstić information content (AvgIpc) is 2.87. The summed E-state index contributed by atoms with van der Waals surface area (Å²) in [5, 5.41) is 2.73. The number of carbonyl (C=O) groups is 2. The van der Waals surface area contributed by atoms with E-state index in [4.69, 9.17) is 5.73 Å². The number of nitrogens with zero attached hydrogens (tertiary/aromatic N) is 1. The normalized spacial score (nSPS) is 12.7. The number of ether oxygens (including phenoxy) is 1. The van der Waals surface area contributed by atoms with E-state index in [0.29, 0.717) is 16.9 Å². The summed E-state index contributed by atoms with van der Waals surface area (Å²) >= 11 is 3.35. The van der Waals surface area contributed by atoms with Gasteiger partial charge < -0.3 is 20.4 Å². The lowest BCUT2D eigenvalue weighted by atomic mass is 9.92. The Morgan fingerprint density at radius 2 is 1.88 bits per heavy atom. The van der Waals surface area contributed by atoms with Crippen LogP contribution in [0.25, 0.3) is 0 Å². The van der Waals surface area contributed by atoms with Crippen molar-refractivity contribution in [1.82, 2.24) is 4.57 Å². The molecule has 0 saturated carbocycles.